The van der Waals surface area contributed by atoms with Crippen LogP contribution < -0.4 is 5.73 Å². The van der Waals surface area contributed by atoms with Gasteiger partial charge in [0.15, 0.2) is 21.4 Å². The van der Waals surface area contributed by atoms with Gasteiger partial charge >= 0.3 is 0 Å². The van der Waals surface area contributed by atoms with Crippen LogP contribution in [0.25, 0.3) is 11.1 Å². The zero-order valence-corrected chi connectivity index (χ0v) is 12.3. The molecule has 0 saturated carbocycles. The molecular weight excluding hydrogens is 307 g/mol. The number of halogens is 2. The Morgan fingerprint density at radius 3 is 2.60 bits per heavy atom. The van der Waals surface area contributed by atoms with Crippen LogP contribution in [0.15, 0.2) is 22.7 Å². The van der Waals surface area contributed by atoms with Crippen molar-refractivity contribution in [3.63, 3.8) is 0 Å². The molecule has 0 radical (unpaired) electrons. The Balaban J connectivity index is 2.73. The number of nitrogens with zero attached hydrogens (tertiary/aromatic N) is 1. The van der Waals surface area contributed by atoms with Crippen LogP contribution >= 0.6 is 11.6 Å². The maximum absolute atomic E-state index is 14.0. The van der Waals surface area contributed by atoms with E-state index in [0.29, 0.717) is 0 Å². The van der Waals surface area contributed by atoms with Crippen LogP contribution in [-0.2, 0) is 9.84 Å². The van der Waals surface area contributed by atoms with E-state index >= 15 is 0 Å². The average molecular weight is 319 g/mol. The van der Waals surface area contributed by atoms with Gasteiger partial charge in [0.2, 0.25) is 0 Å². The van der Waals surface area contributed by atoms with Gasteiger partial charge in [-0.15, -0.1) is 0 Å². The van der Waals surface area contributed by atoms with Gasteiger partial charge < -0.3 is 10.3 Å². The van der Waals surface area contributed by atoms with Crippen molar-refractivity contribution in [3.8, 4) is 11.1 Å². The molecule has 0 aliphatic heterocycles. The maximum Gasteiger partial charge on any atom is 0.175 e. The Bertz CT molecular complexity index is 738. The van der Waals surface area contributed by atoms with Crippen LogP contribution in [0.5, 0.6) is 0 Å². The van der Waals surface area contributed by atoms with Crippen molar-refractivity contribution >= 4 is 27.3 Å². The van der Waals surface area contributed by atoms with Gasteiger partial charge in [-0.1, -0.05) is 22.8 Å². The first-order valence-electron chi connectivity index (χ1n) is 5.61. The van der Waals surface area contributed by atoms with E-state index in [-0.39, 0.29) is 27.7 Å². The molecule has 20 heavy (non-hydrogen) atoms. The predicted molar refractivity (Wildman–Crippen MR) is 74.6 cm³/mol. The molecule has 0 bridgehead atoms. The molecule has 1 unspecified atom stereocenters. The lowest BCUT2D eigenvalue weighted by atomic mass is 10.0. The third-order valence-electron chi connectivity index (χ3n) is 2.97. The van der Waals surface area contributed by atoms with Gasteiger partial charge in [-0.25, -0.2) is 12.8 Å². The summed E-state index contributed by atoms with van der Waals surface area (Å²) >= 11 is 5.97. The van der Waals surface area contributed by atoms with E-state index in [1.54, 1.807) is 0 Å². The number of hydrogen-bond donors (Lipinski definition) is 1. The highest BCUT2D eigenvalue weighted by atomic mass is 35.5. The molecule has 0 fully saturated rings. The van der Waals surface area contributed by atoms with Gasteiger partial charge in [0.05, 0.1) is 10.6 Å². The van der Waals surface area contributed by atoms with Crippen molar-refractivity contribution in [2.24, 2.45) is 0 Å². The van der Waals surface area contributed by atoms with E-state index in [9.17, 15) is 12.8 Å². The Morgan fingerprint density at radius 2 is 2.05 bits per heavy atom. The second-order valence-corrected chi connectivity index (χ2v) is 7.15. The van der Waals surface area contributed by atoms with Gasteiger partial charge in [0.1, 0.15) is 11.1 Å². The fraction of sp³-hybridized carbons (Fsp3) is 0.250. The van der Waals surface area contributed by atoms with Crippen molar-refractivity contribution in [1.29, 1.82) is 0 Å². The highest BCUT2D eigenvalue weighted by Gasteiger charge is 2.30. The summed E-state index contributed by atoms with van der Waals surface area (Å²) < 4.78 is 42.2. The number of benzene rings is 1. The molecule has 0 amide bonds. The number of aromatic nitrogens is 1. The van der Waals surface area contributed by atoms with E-state index in [1.807, 2.05) is 0 Å². The minimum Gasteiger partial charge on any atom is -0.380 e. The average Bonchev–Trinajstić information content (AvgIpc) is 2.69. The lowest BCUT2D eigenvalue weighted by Gasteiger charge is -2.10. The quantitative estimate of drug-likeness (QED) is 0.940. The lowest BCUT2D eigenvalue weighted by Crippen LogP contribution is -2.08. The first-order valence-corrected chi connectivity index (χ1v) is 7.95. The van der Waals surface area contributed by atoms with Gasteiger partial charge in [-0.05, 0) is 19.1 Å². The van der Waals surface area contributed by atoms with Crippen molar-refractivity contribution in [1.82, 2.24) is 5.16 Å². The van der Waals surface area contributed by atoms with Crippen LogP contribution in [0.3, 0.4) is 0 Å². The molecule has 1 aromatic heterocycles. The Hall–Kier alpha value is -1.60. The van der Waals surface area contributed by atoms with Gasteiger partial charge in [-0.2, -0.15) is 0 Å². The minimum atomic E-state index is -3.45. The molecule has 0 spiro atoms. The highest BCUT2D eigenvalue weighted by Crippen LogP contribution is 2.40. The molecule has 0 aliphatic rings. The summed E-state index contributed by atoms with van der Waals surface area (Å²) in [5.41, 5.74) is 5.73. The number of nitrogens with two attached hydrogens (primary N) is 1. The van der Waals surface area contributed by atoms with Crippen LogP contribution in [0.2, 0.25) is 5.02 Å². The summed E-state index contributed by atoms with van der Waals surface area (Å²) in [7, 11) is -3.45. The van der Waals surface area contributed by atoms with Gasteiger partial charge in [0.25, 0.3) is 0 Å². The maximum atomic E-state index is 14.0. The Kier molecular flexibility index (Phi) is 3.75. The zero-order valence-electron chi connectivity index (χ0n) is 10.7. The van der Waals surface area contributed by atoms with Crippen LogP contribution in [0.1, 0.15) is 17.9 Å². The summed E-state index contributed by atoms with van der Waals surface area (Å²) in [6.07, 6.45) is 1.04. The van der Waals surface area contributed by atoms with E-state index < -0.39 is 20.9 Å². The minimum absolute atomic E-state index is 0.0154. The molecule has 0 aliphatic carbocycles. The van der Waals surface area contributed by atoms with E-state index in [4.69, 9.17) is 21.9 Å². The summed E-state index contributed by atoms with van der Waals surface area (Å²) in [4.78, 5) is 0. The second kappa shape index (κ2) is 5.06. The first-order chi connectivity index (χ1) is 9.23. The summed E-state index contributed by atoms with van der Waals surface area (Å²) in [6, 6.07) is 4.11. The molecule has 1 aromatic carbocycles. The number of anilines is 1. The van der Waals surface area contributed by atoms with Crippen LogP contribution in [-0.4, -0.2) is 19.8 Å². The largest absolute Gasteiger partial charge is 0.380 e. The zero-order chi connectivity index (χ0) is 15.1. The third kappa shape index (κ3) is 2.51. The molecule has 1 atom stereocenters. The van der Waals surface area contributed by atoms with Gasteiger partial charge in [-0.3, -0.25) is 0 Å². The molecule has 8 heteroatoms. The lowest BCUT2D eigenvalue weighted by molar-refractivity contribution is 0.385. The molecule has 1 heterocycles. The fourth-order valence-electron chi connectivity index (χ4n) is 1.78. The summed E-state index contributed by atoms with van der Waals surface area (Å²) in [6.45, 7) is 1.41. The monoisotopic (exact) mass is 318 g/mol. The first kappa shape index (κ1) is 14.8. The third-order valence-corrected chi connectivity index (χ3v) is 4.78. The molecule has 2 rings (SSSR count). The van der Waals surface area contributed by atoms with Crippen LogP contribution in [0.4, 0.5) is 10.2 Å². The normalized spacial score (nSPS) is 13.4. The molecule has 5 nitrogen and oxygen atoms in total. The topological polar surface area (TPSA) is 86.2 Å². The molecule has 2 N–H and O–H groups in total. The van der Waals surface area contributed by atoms with E-state index in [2.05, 4.69) is 5.16 Å². The Morgan fingerprint density at radius 1 is 1.40 bits per heavy atom. The smallest absolute Gasteiger partial charge is 0.175 e. The predicted octanol–water partition coefficient (Wildman–Crippen LogP) is 2.82. The van der Waals surface area contributed by atoms with Gasteiger partial charge in [0, 0.05) is 11.8 Å². The van der Waals surface area contributed by atoms with E-state index in [1.165, 1.54) is 25.1 Å². The van der Waals surface area contributed by atoms with E-state index in [0.717, 1.165) is 6.26 Å². The fourth-order valence-corrected chi connectivity index (χ4v) is 2.58. The second-order valence-electron chi connectivity index (χ2n) is 4.38. The number of sulfone groups is 1. The molecule has 108 valence electrons. The molecular formula is C12H12ClFN2O3S. The number of rotatable bonds is 3. The van der Waals surface area contributed by atoms with Crippen molar-refractivity contribution in [3.05, 3.63) is 34.8 Å². The molecule has 0 saturated heterocycles. The summed E-state index contributed by atoms with van der Waals surface area (Å²) in [5.74, 6) is -0.770. The molecule has 2 aromatic rings. The SMILES string of the molecule is CC(c1onc(N)c1-c1c(F)cccc1Cl)S(C)(=O)=O. The van der Waals surface area contributed by atoms with Crippen molar-refractivity contribution in [2.45, 2.75) is 12.2 Å². The number of nitrogen functional groups attached to an aromatic ring is 1. The number of hydrogen-bond acceptors (Lipinski definition) is 5. The van der Waals surface area contributed by atoms with Crippen molar-refractivity contribution < 1.29 is 17.3 Å². The Labute approximate surface area is 120 Å². The summed E-state index contributed by atoms with van der Waals surface area (Å²) in [5, 5.41) is 2.61. The highest BCUT2D eigenvalue weighted by molar-refractivity contribution is 7.90. The van der Waals surface area contributed by atoms with Crippen molar-refractivity contribution in [2.75, 3.05) is 12.0 Å². The van der Waals surface area contributed by atoms with Crippen LogP contribution in [0, 0.1) is 5.82 Å². The standard InChI is InChI=1S/C12H12ClFN2O3S/c1-6(20(2,17)18)11-10(12(15)16-19-11)9-7(13)4-3-5-8(9)14/h3-6H,1-2H3,(H2,15,16).